The van der Waals surface area contributed by atoms with Crippen LogP contribution in [-0.4, -0.2) is 24.8 Å². The quantitative estimate of drug-likeness (QED) is 0.293. The summed E-state index contributed by atoms with van der Waals surface area (Å²) in [6, 6.07) is 17.4. The second-order valence-electron chi connectivity index (χ2n) is 5.55. The van der Waals surface area contributed by atoms with Crippen molar-refractivity contribution in [1.29, 1.82) is 0 Å². The number of hydrogen-bond donors (Lipinski definition) is 0. The van der Waals surface area contributed by atoms with Crippen molar-refractivity contribution >= 4 is 23.1 Å². The van der Waals surface area contributed by atoms with Gasteiger partial charge >= 0.3 is 0 Å². The molecule has 31 heavy (non-hydrogen) atoms. The van der Waals surface area contributed by atoms with Crippen molar-refractivity contribution in [2.75, 3.05) is 13.2 Å². The number of benzene rings is 2. The molecule has 2 aromatic carbocycles. The molecule has 7 heteroatoms. The van der Waals surface area contributed by atoms with E-state index in [2.05, 4.69) is 0 Å². The summed E-state index contributed by atoms with van der Waals surface area (Å²) in [7, 11) is 0. The summed E-state index contributed by atoms with van der Waals surface area (Å²) in [6.07, 6.45) is 2.19. The van der Waals surface area contributed by atoms with Crippen LogP contribution in [0.15, 0.2) is 72.8 Å². The third-order valence-corrected chi connectivity index (χ3v) is 2.79. The van der Waals surface area contributed by atoms with E-state index in [-0.39, 0.29) is 62.1 Å². The van der Waals surface area contributed by atoms with Gasteiger partial charge in [0.05, 0.1) is 0 Å². The van der Waals surface area contributed by atoms with Gasteiger partial charge in [0.15, 0.2) is 11.6 Å². The number of ketones is 2. The molecule has 0 aliphatic heterocycles. The minimum Gasteiger partial charge on any atom is -0.872 e. The second kappa shape index (κ2) is 22.3. The Morgan fingerprint density at radius 1 is 0.677 bits per heavy atom. The first-order chi connectivity index (χ1) is 14.2. The third-order valence-electron chi connectivity index (χ3n) is 2.79. The predicted molar refractivity (Wildman–Crippen MR) is 111 cm³/mol. The molecule has 0 spiro atoms. The molecule has 0 fully saturated rings. The molecule has 0 unspecified atom stereocenters. The number of rotatable bonds is 4. The van der Waals surface area contributed by atoms with Crippen LogP contribution in [0.3, 0.4) is 0 Å². The molecule has 168 valence electrons. The molecule has 0 radical (unpaired) electrons. The Hall–Kier alpha value is -2.35. The molecule has 6 nitrogen and oxygen atoms in total. The van der Waals surface area contributed by atoms with Gasteiger partial charge < -0.3 is 20.4 Å². The molecule has 0 aromatic heterocycles. The number of hydrogen-bond acceptors (Lipinski definition) is 6. The fourth-order valence-corrected chi connectivity index (χ4v) is 1.74. The average Bonchev–Trinajstić information content (AvgIpc) is 2.70. The van der Waals surface area contributed by atoms with E-state index in [9.17, 15) is 19.8 Å². The first-order valence-electron chi connectivity index (χ1n) is 9.28. The minimum absolute atomic E-state index is 0. The van der Waals surface area contributed by atoms with Gasteiger partial charge in [0.25, 0.3) is 0 Å². The normalized spacial score (nSPS) is 9.87. The monoisotopic (exact) mass is 592 g/mol. The van der Waals surface area contributed by atoms with E-state index in [0.29, 0.717) is 11.1 Å². The van der Waals surface area contributed by atoms with E-state index in [1.807, 2.05) is 12.1 Å². The molecule has 0 aliphatic rings. The van der Waals surface area contributed by atoms with Crippen LogP contribution in [0.5, 0.6) is 0 Å². The van der Waals surface area contributed by atoms with Gasteiger partial charge in [-0.25, -0.2) is 0 Å². The van der Waals surface area contributed by atoms with Crippen molar-refractivity contribution in [2.45, 2.75) is 27.7 Å². The van der Waals surface area contributed by atoms with Gasteiger partial charge in [-0.1, -0.05) is 86.0 Å². The van der Waals surface area contributed by atoms with Crippen LogP contribution in [0.2, 0.25) is 0 Å². The van der Waals surface area contributed by atoms with E-state index in [1.165, 1.54) is 13.8 Å². The van der Waals surface area contributed by atoms with Crippen molar-refractivity contribution in [3.63, 3.8) is 0 Å². The Labute approximate surface area is 203 Å². The predicted octanol–water partition coefficient (Wildman–Crippen LogP) is 0.684. The molecular weight excluding hydrogens is 563 g/mol. The van der Waals surface area contributed by atoms with Crippen molar-refractivity contribution in [2.24, 2.45) is 0 Å². The molecule has 0 saturated carbocycles. The van der Waals surface area contributed by atoms with E-state index in [1.54, 1.807) is 62.4 Å². The van der Waals surface area contributed by atoms with E-state index >= 15 is 0 Å². The van der Waals surface area contributed by atoms with Gasteiger partial charge in [-0.05, 0) is 37.1 Å². The van der Waals surface area contributed by atoms with E-state index < -0.39 is 0 Å². The topological polar surface area (TPSA) is 126 Å². The molecule has 0 aliphatic carbocycles. The summed E-state index contributed by atoms with van der Waals surface area (Å²) in [5.74, 6) is -0.904. The van der Waals surface area contributed by atoms with Gasteiger partial charge in [0.1, 0.15) is 0 Å². The molecule has 0 heterocycles. The molecule has 0 bridgehead atoms. The summed E-state index contributed by atoms with van der Waals surface area (Å²) < 4.78 is 0. The van der Waals surface area contributed by atoms with Crippen LogP contribution in [0.4, 0.5) is 0 Å². The molecule has 2 rings (SSSR count). The first kappa shape index (κ1) is 33.3. The Morgan fingerprint density at radius 3 is 1.10 bits per heavy atom. The maximum absolute atomic E-state index is 11.2. The maximum Gasteiger partial charge on any atom is 0.152 e. The van der Waals surface area contributed by atoms with Crippen molar-refractivity contribution < 1.29 is 55.9 Å². The molecular formula is C24H28HfO6-4. The minimum atomic E-state index is -0.233. The SMILES string of the molecule is CC(=O)/C=C(\[O-])c1ccccc1.CC(=O)/C=C(\[O-])c1ccccc1.CC[O-].CC[O-].[Hf]. The summed E-state index contributed by atoms with van der Waals surface area (Å²) in [4.78, 5) is 21.1. The fraction of sp³-hybridized carbons (Fsp3) is 0.250. The van der Waals surface area contributed by atoms with E-state index in [4.69, 9.17) is 10.2 Å². The van der Waals surface area contributed by atoms with Crippen LogP contribution < -0.4 is 20.4 Å². The zero-order valence-corrected chi connectivity index (χ0v) is 21.9. The third kappa shape index (κ3) is 20.7. The Bertz CT molecular complexity index is 704. The van der Waals surface area contributed by atoms with Gasteiger partial charge in [0.2, 0.25) is 0 Å². The Morgan fingerprint density at radius 2 is 0.903 bits per heavy atom. The summed E-state index contributed by atoms with van der Waals surface area (Å²) in [6.45, 7) is 5.86. The van der Waals surface area contributed by atoms with Gasteiger partial charge in [-0.2, -0.15) is 0 Å². The molecule has 0 N–H and O–H groups in total. The summed E-state index contributed by atoms with van der Waals surface area (Å²) >= 11 is 0. The van der Waals surface area contributed by atoms with Crippen molar-refractivity contribution in [3.05, 3.63) is 83.9 Å². The van der Waals surface area contributed by atoms with Gasteiger partial charge in [-0.3, -0.25) is 9.59 Å². The van der Waals surface area contributed by atoms with Crippen molar-refractivity contribution in [1.82, 2.24) is 0 Å². The Balaban J connectivity index is -0.000000394. The average molecular weight is 591 g/mol. The number of allylic oxidation sites excluding steroid dienone is 2. The van der Waals surface area contributed by atoms with Crippen LogP contribution in [-0.2, 0) is 35.4 Å². The van der Waals surface area contributed by atoms with Crippen LogP contribution >= 0.6 is 0 Å². The maximum atomic E-state index is 11.2. The zero-order chi connectivity index (χ0) is 23.4. The number of carbonyl (C=O) groups is 2. The summed E-state index contributed by atoms with van der Waals surface area (Å²) in [5.41, 5.74) is 1.10. The van der Waals surface area contributed by atoms with Crippen LogP contribution in [0.1, 0.15) is 38.8 Å². The van der Waals surface area contributed by atoms with Crippen LogP contribution in [0, 0.1) is 0 Å². The number of carbonyl (C=O) groups excluding carboxylic acids is 2. The first-order valence-corrected chi connectivity index (χ1v) is 9.28. The van der Waals surface area contributed by atoms with Gasteiger partial charge in [-0.15, -0.1) is 13.2 Å². The summed E-state index contributed by atoms with van der Waals surface area (Å²) in [5, 5.41) is 40.2. The zero-order valence-electron chi connectivity index (χ0n) is 18.3. The smallest absolute Gasteiger partial charge is 0.152 e. The van der Waals surface area contributed by atoms with Crippen molar-refractivity contribution in [3.8, 4) is 0 Å². The molecule has 2 aromatic rings. The van der Waals surface area contributed by atoms with Gasteiger partial charge in [0, 0.05) is 25.8 Å². The second-order valence-corrected chi connectivity index (χ2v) is 5.55. The molecule has 0 amide bonds. The molecule has 0 saturated heterocycles. The van der Waals surface area contributed by atoms with E-state index in [0.717, 1.165) is 12.2 Å². The standard InChI is InChI=1S/2C10H10O2.2C2H5O.Hf/c2*1-8(11)7-10(12)9-5-3-2-4-6-9;2*1-2-3;/h2*2-7,12H,1H3;2*2H2,1H3;/q;;2*-1;/p-2/b2*10-7-;;;. The largest absolute Gasteiger partial charge is 0.872 e. The Kier molecular flexibility index (Phi) is 24.0. The van der Waals surface area contributed by atoms with Crippen LogP contribution in [0.25, 0.3) is 11.5 Å². The fourth-order valence-electron chi connectivity index (χ4n) is 1.74. The molecule has 0 atom stereocenters.